The normalized spacial score (nSPS) is 15.8. The maximum Gasteiger partial charge on any atom is 0.410 e. The Bertz CT molecular complexity index is 510. The first-order valence-electron chi connectivity index (χ1n) is 6.44. The van der Waals surface area contributed by atoms with Crippen molar-refractivity contribution in [3.63, 3.8) is 0 Å². The summed E-state index contributed by atoms with van der Waals surface area (Å²) in [6, 6.07) is 5.95. The van der Waals surface area contributed by atoms with Gasteiger partial charge in [0, 0.05) is 23.2 Å². The van der Waals surface area contributed by atoms with Crippen molar-refractivity contribution in [2.75, 3.05) is 18.4 Å². The van der Waals surface area contributed by atoms with E-state index in [0.717, 1.165) is 10.2 Å². The van der Waals surface area contributed by atoms with E-state index in [0.29, 0.717) is 18.1 Å². The second kappa shape index (κ2) is 5.82. The number of carbonyl (C=O) groups is 1. The van der Waals surface area contributed by atoms with Crippen molar-refractivity contribution >= 4 is 39.3 Å². The fourth-order valence-corrected chi connectivity index (χ4v) is 2.29. The lowest BCUT2D eigenvalue weighted by Gasteiger charge is -2.40. The van der Waals surface area contributed by atoms with Crippen molar-refractivity contribution < 1.29 is 9.53 Å². The van der Waals surface area contributed by atoms with Crippen molar-refractivity contribution in [2.24, 2.45) is 0 Å². The van der Waals surface area contributed by atoms with Gasteiger partial charge in [0.25, 0.3) is 0 Å². The number of amides is 1. The summed E-state index contributed by atoms with van der Waals surface area (Å²) < 4.78 is 6.18. The van der Waals surface area contributed by atoms with Crippen LogP contribution >= 0.6 is 27.5 Å². The first kappa shape index (κ1) is 15.4. The van der Waals surface area contributed by atoms with Crippen molar-refractivity contribution in [2.45, 2.75) is 32.4 Å². The van der Waals surface area contributed by atoms with Crippen molar-refractivity contribution in [3.05, 3.63) is 27.7 Å². The topological polar surface area (TPSA) is 41.6 Å². The van der Waals surface area contributed by atoms with Crippen LogP contribution in [0.5, 0.6) is 0 Å². The molecule has 1 aromatic rings. The van der Waals surface area contributed by atoms with E-state index < -0.39 is 5.60 Å². The van der Waals surface area contributed by atoms with E-state index in [-0.39, 0.29) is 12.1 Å². The molecule has 0 radical (unpaired) electrons. The third kappa shape index (κ3) is 4.03. The average Bonchev–Trinajstić information content (AvgIpc) is 2.25. The number of anilines is 1. The van der Waals surface area contributed by atoms with Crippen molar-refractivity contribution in [1.82, 2.24) is 4.90 Å². The van der Waals surface area contributed by atoms with Gasteiger partial charge in [0.05, 0.1) is 11.1 Å². The van der Waals surface area contributed by atoms with Crippen LogP contribution in [-0.2, 0) is 4.74 Å². The lowest BCUT2D eigenvalue weighted by Crippen LogP contribution is -2.57. The van der Waals surface area contributed by atoms with Crippen LogP contribution in [0.2, 0.25) is 5.02 Å². The Morgan fingerprint density at radius 1 is 1.45 bits per heavy atom. The number of halogens is 2. The molecule has 0 unspecified atom stereocenters. The van der Waals surface area contributed by atoms with Crippen LogP contribution in [0, 0.1) is 0 Å². The number of rotatable bonds is 2. The Morgan fingerprint density at radius 3 is 2.65 bits per heavy atom. The molecule has 1 heterocycles. The summed E-state index contributed by atoms with van der Waals surface area (Å²) in [5.41, 5.74) is 0.501. The van der Waals surface area contributed by atoms with Crippen LogP contribution in [0.4, 0.5) is 10.5 Å². The molecule has 6 heteroatoms. The molecule has 1 N–H and O–H groups in total. The minimum Gasteiger partial charge on any atom is -0.444 e. The van der Waals surface area contributed by atoms with Gasteiger partial charge in [-0.1, -0.05) is 11.6 Å². The number of benzene rings is 1. The molecule has 110 valence electrons. The smallest absolute Gasteiger partial charge is 0.410 e. The fourth-order valence-electron chi connectivity index (χ4n) is 1.87. The van der Waals surface area contributed by atoms with E-state index in [1.807, 2.05) is 39.0 Å². The highest BCUT2D eigenvalue weighted by Crippen LogP contribution is 2.27. The highest BCUT2D eigenvalue weighted by molar-refractivity contribution is 9.10. The fraction of sp³-hybridized carbons (Fsp3) is 0.500. The minimum absolute atomic E-state index is 0.236. The van der Waals surface area contributed by atoms with Gasteiger partial charge in [-0.05, 0) is 54.9 Å². The van der Waals surface area contributed by atoms with E-state index in [2.05, 4.69) is 21.2 Å². The lowest BCUT2D eigenvalue weighted by atomic mass is 10.1. The number of nitrogens with zero attached hydrogens (tertiary/aromatic N) is 1. The molecule has 1 saturated heterocycles. The van der Waals surface area contributed by atoms with Crippen LogP contribution in [0.15, 0.2) is 22.7 Å². The predicted octanol–water partition coefficient (Wildman–Crippen LogP) is 4.13. The second-order valence-corrected chi connectivity index (χ2v) is 7.12. The molecular formula is C14H18BrClN2O2. The maximum atomic E-state index is 11.8. The quantitative estimate of drug-likeness (QED) is 0.861. The van der Waals surface area contributed by atoms with Crippen LogP contribution < -0.4 is 5.32 Å². The van der Waals surface area contributed by atoms with E-state index in [1.54, 1.807) is 4.90 Å². The monoisotopic (exact) mass is 360 g/mol. The lowest BCUT2D eigenvalue weighted by molar-refractivity contribution is 0.0105. The summed E-state index contributed by atoms with van der Waals surface area (Å²) in [4.78, 5) is 13.5. The summed E-state index contributed by atoms with van der Waals surface area (Å²) in [6.45, 7) is 6.88. The molecular weight excluding hydrogens is 344 g/mol. The second-order valence-electron chi connectivity index (χ2n) is 5.86. The summed E-state index contributed by atoms with van der Waals surface area (Å²) in [7, 11) is 0. The van der Waals surface area contributed by atoms with Gasteiger partial charge in [-0.25, -0.2) is 4.79 Å². The molecule has 20 heavy (non-hydrogen) atoms. The van der Waals surface area contributed by atoms with Gasteiger partial charge >= 0.3 is 6.09 Å². The third-order valence-corrected chi connectivity index (χ3v) is 4.06. The van der Waals surface area contributed by atoms with Gasteiger partial charge in [-0.15, -0.1) is 0 Å². The molecule has 1 aromatic carbocycles. The van der Waals surface area contributed by atoms with Gasteiger partial charge in [0.15, 0.2) is 0 Å². The zero-order valence-corrected chi connectivity index (χ0v) is 14.1. The Labute approximate surface area is 132 Å². The predicted molar refractivity (Wildman–Crippen MR) is 84.4 cm³/mol. The Morgan fingerprint density at radius 2 is 2.10 bits per heavy atom. The number of nitrogens with one attached hydrogen (secondary N) is 1. The molecule has 0 bridgehead atoms. The summed E-state index contributed by atoms with van der Waals surface area (Å²) in [6.07, 6.45) is -0.260. The van der Waals surface area contributed by atoms with Gasteiger partial charge in [0.2, 0.25) is 0 Å². The zero-order valence-electron chi connectivity index (χ0n) is 11.7. The molecule has 0 spiro atoms. The Hall–Kier alpha value is -0.940. The Kier molecular flexibility index (Phi) is 4.49. The van der Waals surface area contributed by atoms with E-state index >= 15 is 0 Å². The molecule has 1 amide bonds. The zero-order chi connectivity index (χ0) is 14.9. The molecule has 0 atom stereocenters. The first-order chi connectivity index (χ1) is 9.24. The van der Waals surface area contributed by atoms with Gasteiger partial charge in [0.1, 0.15) is 5.60 Å². The van der Waals surface area contributed by atoms with Gasteiger partial charge < -0.3 is 15.0 Å². The maximum absolute atomic E-state index is 11.8. The first-order valence-corrected chi connectivity index (χ1v) is 7.61. The number of ether oxygens (including phenoxy) is 1. The standard InChI is InChI=1S/C14H18BrClN2O2/c1-14(2,3)20-13(19)18-7-10(8-18)17-9-4-5-11(15)12(16)6-9/h4-6,10,17H,7-8H2,1-3H3. The summed E-state index contributed by atoms with van der Waals surface area (Å²) in [5, 5.41) is 4.00. The molecule has 0 saturated carbocycles. The molecule has 1 aliphatic heterocycles. The van der Waals surface area contributed by atoms with E-state index in [1.165, 1.54) is 0 Å². The molecule has 4 nitrogen and oxygen atoms in total. The molecule has 1 aliphatic rings. The van der Waals surface area contributed by atoms with Gasteiger partial charge in [-0.2, -0.15) is 0 Å². The highest BCUT2D eigenvalue weighted by Gasteiger charge is 2.33. The van der Waals surface area contributed by atoms with E-state index in [4.69, 9.17) is 16.3 Å². The SMILES string of the molecule is CC(C)(C)OC(=O)N1CC(Nc2ccc(Br)c(Cl)c2)C1. The van der Waals surface area contributed by atoms with Gasteiger partial charge in [-0.3, -0.25) is 0 Å². The molecule has 2 rings (SSSR count). The summed E-state index contributed by atoms with van der Waals surface area (Å²) in [5.74, 6) is 0. The Balaban J connectivity index is 1.82. The van der Waals surface area contributed by atoms with Crippen molar-refractivity contribution in [3.8, 4) is 0 Å². The third-order valence-electron chi connectivity index (χ3n) is 2.82. The number of likely N-dealkylation sites (tertiary alicyclic amines) is 1. The van der Waals surface area contributed by atoms with Crippen molar-refractivity contribution in [1.29, 1.82) is 0 Å². The minimum atomic E-state index is -0.450. The number of hydrogen-bond acceptors (Lipinski definition) is 3. The van der Waals surface area contributed by atoms with Crippen LogP contribution in [0.25, 0.3) is 0 Å². The van der Waals surface area contributed by atoms with Crippen LogP contribution in [-0.4, -0.2) is 35.7 Å². The summed E-state index contributed by atoms with van der Waals surface area (Å²) >= 11 is 9.39. The molecule has 0 aliphatic carbocycles. The largest absolute Gasteiger partial charge is 0.444 e. The van der Waals surface area contributed by atoms with Crippen LogP contribution in [0.1, 0.15) is 20.8 Å². The van der Waals surface area contributed by atoms with Crippen LogP contribution in [0.3, 0.4) is 0 Å². The molecule has 1 fully saturated rings. The number of carbonyl (C=O) groups excluding carboxylic acids is 1. The number of hydrogen-bond donors (Lipinski definition) is 1. The molecule has 0 aromatic heterocycles. The average molecular weight is 362 g/mol. The highest BCUT2D eigenvalue weighted by atomic mass is 79.9. The van der Waals surface area contributed by atoms with E-state index in [9.17, 15) is 4.79 Å².